The van der Waals surface area contributed by atoms with Gasteiger partial charge in [0, 0.05) is 26.7 Å². The lowest BCUT2D eigenvalue weighted by Crippen LogP contribution is -2.37. The van der Waals surface area contributed by atoms with E-state index in [1.54, 1.807) is 21.0 Å². The van der Waals surface area contributed by atoms with Crippen molar-refractivity contribution in [3.05, 3.63) is 33.9 Å². The lowest BCUT2D eigenvalue weighted by atomic mass is 10.1. The zero-order valence-corrected chi connectivity index (χ0v) is 12.1. The summed E-state index contributed by atoms with van der Waals surface area (Å²) in [6.45, 7) is 2.01. The second-order valence-corrected chi connectivity index (χ2v) is 4.57. The number of nitro groups is 1. The van der Waals surface area contributed by atoms with Gasteiger partial charge in [0.2, 0.25) is 5.91 Å². The first-order valence-corrected chi connectivity index (χ1v) is 6.24. The molecule has 0 saturated carbocycles. The molecule has 0 spiro atoms. The van der Waals surface area contributed by atoms with Crippen LogP contribution in [0.2, 0.25) is 0 Å². The summed E-state index contributed by atoms with van der Waals surface area (Å²) in [5.41, 5.74) is -0.169. The van der Waals surface area contributed by atoms with Crippen LogP contribution in [0.25, 0.3) is 0 Å². The number of hydrogen-bond donors (Lipinski definition) is 1. The summed E-state index contributed by atoms with van der Waals surface area (Å²) in [5, 5.41) is 20.1. The predicted octanol–water partition coefficient (Wildman–Crippen LogP) is 1.21. The summed E-state index contributed by atoms with van der Waals surface area (Å²) in [4.78, 5) is 36.1. The molecule has 0 aliphatic rings. The van der Waals surface area contributed by atoms with Crippen molar-refractivity contribution in [2.24, 2.45) is 0 Å². The van der Waals surface area contributed by atoms with Crippen LogP contribution in [0.1, 0.15) is 17.3 Å². The molecular weight excluding hydrogens is 278 g/mol. The number of carboxylic acids is 1. The third kappa shape index (κ3) is 3.91. The highest BCUT2D eigenvalue weighted by Gasteiger charge is 2.22. The minimum atomic E-state index is -1.18. The van der Waals surface area contributed by atoms with E-state index in [0.717, 1.165) is 6.07 Å². The van der Waals surface area contributed by atoms with Gasteiger partial charge in [0.1, 0.15) is 5.69 Å². The van der Waals surface area contributed by atoms with Gasteiger partial charge in [0.05, 0.1) is 17.0 Å². The maximum absolute atomic E-state index is 11.8. The Bertz CT molecular complexity index is 571. The minimum Gasteiger partial charge on any atom is -0.478 e. The molecule has 0 aliphatic heterocycles. The first kappa shape index (κ1) is 16.4. The first-order valence-electron chi connectivity index (χ1n) is 6.24. The van der Waals surface area contributed by atoms with Crippen molar-refractivity contribution in [2.75, 3.05) is 32.1 Å². The Kier molecular flexibility index (Phi) is 5.23. The molecule has 0 radical (unpaired) electrons. The Morgan fingerprint density at radius 3 is 2.38 bits per heavy atom. The molecule has 1 aromatic carbocycles. The molecule has 1 aromatic rings. The topological polar surface area (TPSA) is 104 Å². The van der Waals surface area contributed by atoms with Gasteiger partial charge >= 0.3 is 5.97 Å². The van der Waals surface area contributed by atoms with Crippen molar-refractivity contribution >= 4 is 23.3 Å². The SMILES string of the molecule is CCN(CC(=O)N(C)C)c1cc(C(=O)O)ccc1[N+](=O)[O-]. The van der Waals surface area contributed by atoms with Crippen molar-refractivity contribution in [3.63, 3.8) is 0 Å². The number of carboxylic acid groups (broad SMARTS) is 1. The Morgan fingerprint density at radius 1 is 1.33 bits per heavy atom. The fourth-order valence-corrected chi connectivity index (χ4v) is 1.74. The molecule has 0 heterocycles. The Balaban J connectivity index is 3.27. The van der Waals surface area contributed by atoms with Gasteiger partial charge in [-0.3, -0.25) is 14.9 Å². The molecule has 0 fully saturated rings. The van der Waals surface area contributed by atoms with Crippen molar-refractivity contribution < 1.29 is 19.6 Å². The van der Waals surface area contributed by atoms with Crippen LogP contribution in [0.5, 0.6) is 0 Å². The number of benzene rings is 1. The normalized spacial score (nSPS) is 10.0. The van der Waals surface area contributed by atoms with E-state index in [1.807, 2.05) is 0 Å². The molecular formula is C13H17N3O5. The first-order chi connectivity index (χ1) is 9.77. The van der Waals surface area contributed by atoms with Crippen LogP contribution in [0.4, 0.5) is 11.4 Å². The van der Waals surface area contributed by atoms with Gasteiger partial charge in [-0.2, -0.15) is 0 Å². The number of nitro benzene ring substituents is 1. The van der Waals surface area contributed by atoms with Crippen LogP contribution in [0, 0.1) is 10.1 Å². The fraction of sp³-hybridized carbons (Fsp3) is 0.385. The number of aromatic carboxylic acids is 1. The Hall–Kier alpha value is -2.64. The number of anilines is 1. The van der Waals surface area contributed by atoms with E-state index in [-0.39, 0.29) is 29.4 Å². The number of carbonyl (C=O) groups excluding carboxylic acids is 1. The average Bonchev–Trinajstić information content (AvgIpc) is 2.43. The molecule has 0 aromatic heterocycles. The molecule has 1 rings (SSSR count). The number of amides is 1. The largest absolute Gasteiger partial charge is 0.478 e. The summed E-state index contributed by atoms with van der Waals surface area (Å²) in [5.74, 6) is -1.41. The van der Waals surface area contributed by atoms with E-state index in [0.29, 0.717) is 6.54 Å². The van der Waals surface area contributed by atoms with Gasteiger partial charge < -0.3 is 14.9 Å². The third-order valence-electron chi connectivity index (χ3n) is 2.97. The second kappa shape index (κ2) is 6.69. The van der Waals surface area contributed by atoms with E-state index in [4.69, 9.17) is 5.11 Å². The maximum Gasteiger partial charge on any atom is 0.335 e. The summed E-state index contributed by atoms with van der Waals surface area (Å²) >= 11 is 0. The summed E-state index contributed by atoms with van der Waals surface area (Å²) in [7, 11) is 3.16. The lowest BCUT2D eigenvalue weighted by Gasteiger charge is -2.24. The summed E-state index contributed by atoms with van der Waals surface area (Å²) in [6.07, 6.45) is 0. The summed E-state index contributed by atoms with van der Waals surface area (Å²) < 4.78 is 0. The van der Waals surface area contributed by atoms with E-state index >= 15 is 0 Å². The van der Waals surface area contributed by atoms with Crippen molar-refractivity contribution in [2.45, 2.75) is 6.92 Å². The molecule has 8 nitrogen and oxygen atoms in total. The third-order valence-corrected chi connectivity index (χ3v) is 2.97. The van der Waals surface area contributed by atoms with Gasteiger partial charge in [0.15, 0.2) is 0 Å². The van der Waals surface area contributed by atoms with Crippen LogP contribution < -0.4 is 4.90 Å². The number of hydrogen-bond acceptors (Lipinski definition) is 5. The molecule has 0 atom stereocenters. The van der Waals surface area contributed by atoms with Gasteiger partial charge in [-0.25, -0.2) is 4.79 Å². The molecule has 0 unspecified atom stereocenters. The molecule has 1 amide bonds. The van der Waals surface area contributed by atoms with E-state index < -0.39 is 10.9 Å². The Labute approximate surface area is 121 Å². The average molecular weight is 295 g/mol. The summed E-state index contributed by atoms with van der Waals surface area (Å²) in [6, 6.07) is 3.53. The zero-order valence-electron chi connectivity index (χ0n) is 12.1. The molecule has 1 N–H and O–H groups in total. The number of likely N-dealkylation sites (N-methyl/N-ethyl adjacent to an activating group) is 2. The lowest BCUT2D eigenvalue weighted by molar-refractivity contribution is -0.384. The van der Waals surface area contributed by atoms with Crippen LogP contribution >= 0.6 is 0 Å². The molecule has 21 heavy (non-hydrogen) atoms. The molecule has 8 heteroatoms. The minimum absolute atomic E-state index is 0.0621. The highest BCUT2D eigenvalue weighted by molar-refractivity contribution is 5.91. The van der Waals surface area contributed by atoms with Crippen molar-refractivity contribution in [1.29, 1.82) is 0 Å². The van der Waals surface area contributed by atoms with E-state index in [2.05, 4.69) is 0 Å². The quantitative estimate of drug-likeness (QED) is 0.625. The van der Waals surface area contributed by atoms with Gasteiger partial charge in [-0.15, -0.1) is 0 Å². The maximum atomic E-state index is 11.8. The molecule has 0 aliphatic carbocycles. The smallest absolute Gasteiger partial charge is 0.335 e. The number of rotatable bonds is 6. The highest BCUT2D eigenvalue weighted by atomic mass is 16.6. The number of carbonyl (C=O) groups is 2. The fourth-order valence-electron chi connectivity index (χ4n) is 1.74. The van der Waals surface area contributed by atoms with Gasteiger partial charge in [-0.1, -0.05) is 0 Å². The van der Waals surface area contributed by atoms with Gasteiger partial charge in [-0.05, 0) is 19.1 Å². The molecule has 0 saturated heterocycles. The van der Waals surface area contributed by atoms with Crippen LogP contribution in [-0.2, 0) is 4.79 Å². The Morgan fingerprint density at radius 2 is 1.95 bits per heavy atom. The highest BCUT2D eigenvalue weighted by Crippen LogP contribution is 2.29. The molecule has 0 bridgehead atoms. The zero-order chi connectivity index (χ0) is 16.2. The second-order valence-electron chi connectivity index (χ2n) is 4.57. The van der Waals surface area contributed by atoms with Crippen molar-refractivity contribution in [1.82, 2.24) is 4.90 Å². The van der Waals surface area contributed by atoms with E-state index in [9.17, 15) is 19.7 Å². The predicted molar refractivity (Wildman–Crippen MR) is 76.6 cm³/mol. The van der Waals surface area contributed by atoms with E-state index in [1.165, 1.54) is 21.9 Å². The van der Waals surface area contributed by atoms with Gasteiger partial charge in [0.25, 0.3) is 5.69 Å². The monoisotopic (exact) mass is 295 g/mol. The van der Waals surface area contributed by atoms with Crippen LogP contribution in [-0.4, -0.2) is 54.0 Å². The molecule has 114 valence electrons. The van der Waals surface area contributed by atoms with Crippen LogP contribution in [0.15, 0.2) is 18.2 Å². The van der Waals surface area contributed by atoms with Crippen LogP contribution in [0.3, 0.4) is 0 Å². The number of nitrogens with zero attached hydrogens (tertiary/aromatic N) is 3. The standard InChI is InChI=1S/C13H17N3O5/c1-4-15(8-12(17)14(2)3)11-7-9(13(18)19)5-6-10(11)16(20)21/h5-7H,4,8H2,1-3H3,(H,18,19). The van der Waals surface area contributed by atoms with Crippen molar-refractivity contribution in [3.8, 4) is 0 Å².